The van der Waals surface area contributed by atoms with Crippen LogP contribution < -0.4 is 5.32 Å². The van der Waals surface area contributed by atoms with Gasteiger partial charge >= 0.3 is 0 Å². The molecule has 110 valence electrons. The molecule has 0 aromatic carbocycles. The van der Waals surface area contributed by atoms with Gasteiger partial charge in [0.15, 0.2) is 0 Å². The van der Waals surface area contributed by atoms with E-state index in [0.717, 1.165) is 30.1 Å². The Labute approximate surface area is 125 Å². The average molecular weight is 292 g/mol. The van der Waals surface area contributed by atoms with Gasteiger partial charge in [-0.25, -0.2) is 4.98 Å². The molecule has 0 aliphatic carbocycles. The molecule has 0 saturated carbocycles. The van der Waals surface area contributed by atoms with E-state index in [1.165, 1.54) is 4.88 Å². The van der Waals surface area contributed by atoms with Crippen LogP contribution in [0.1, 0.15) is 54.9 Å². The van der Waals surface area contributed by atoms with Crippen molar-refractivity contribution in [2.24, 2.45) is 0 Å². The Morgan fingerprint density at radius 3 is 2.75 bits per heavy atom. The lowest BCUT2D eigenvalue weighted by Crippen LogP contribution is -2.23. The first kappa shape index (κ1) is 15.2. The summed E-state index contributed by atoms with van der Waals surface area (Å²) in [6.45, 7) is 9.56. The molecular weight excluding hydrogens is 268 g/mol. The second-order valence-electron chi connectivity index (χ2n) is 5.37. The fraction of sp³-hybridized carbons (Fsp3) is 0.600. The third-order valence-electron chi connectivity index (χ3n) is 3.23. The van der Waals surface area contributed by atoms with Crippen LogP contribution in [-0.4, -0.2) is 21.3 Å². The Balaban J connectivity index is 2.10. The molecule has 0 fully saturated rings. The molecule has 0 radical (unpaired) electrons. The summed E-state index contributed by atoms with van der Waals surface area (Å²) in [4.78, 5) is 5.67. The minimum Gasteiger partial charge on any atom is -0.309 e. The van der Waals surface area contributed by atoms with E-state index in [1.54, 1.807) is 11.3 Å². The van der Waals surface area contributed by atoms with Crippen LogP contribution in [0.25, 0.3) is 0 Å². The number of thiazole rings is 1. The number of aromatic nitrogens is 3. The Hall–Kier alpha value is -1.20. The van der Waals surface area contributed by atoms with Crippen LogP contribution in [0, 0.1) is 6.92 Å². The lowest BCUT2D eigenvalue weighted by Gasteiger charge is -2.15. The van der Waals surface area contributed by atoms with Crippen LogP contribution in [-0.2, 0) is 6.42 Å². The lowest BCUT2D eigenvalue weighted by atomic mass is 10.1. The zero-order chi connectivity index (χ0) is 14.5. The first-order valence-electron chi connectivity index (χ1n) is 7.30. The normalized spacial score (nSPS) is 13.1. The van der Waals surface area contributed by atoms with Gasteiger partial charge in [-0.2, -0.15) is 5.10 Å². The molecule has 0 saturated heterocycles. The number of hydrogen-bond donors (Lipinski definition) is 1. The molecule has 5 heteroatoms. The molecule has 2 aromatic rings. The molecule has 0 aliphatic heterocycles. The van der Waals surface area contributed by atoms with Gasteiger partial charge in [0, 0.05) is 35.8 Å². The molecule has 0 bridgehead atoms. The van der Waals surface area contributed by atoms with Crippen LogP contribution in [0.5, 0.6) is 0 Å². The predicted molar refractivity (Wildman–Crippen MR) is 84.2 cm³/mol. The molecule has 2 aromatic heterocycles. The van der Waals surface area contributed by atoms with Crippen LogP contribution in [0.15, 0.2) is 18.5 Å². The molecule has 2 heterocycles. The summed E-state index contributed by atoms with van der Waals surface area (Å²) in [5.41, 5.74) is 1.14. The van der Waals surface area contributed by atoms with Gasteiger partial charge in [-0.15, -0.1) is 11.3 Å². The second kappa shape index (κ2) is 6.99. The van der Waals surface area contributed by atoms with Gasteiger partial charge in [-0.3, -0.25) is 4.68 Å². The molecule has 1 unspecified atom stereocenters. The lowest BCUT2D eigenvalue weighted by molar-refractivity contribution is 0.502. The van der Waals surface area contributed by atoms with Crippen LogP contribution in [0.3, 0.4) is 0 Å². The Kier molecular flexibility index (Phi) is 5.31. The number of rotatable bonds is 7. The average Bonchev–Trinajstić information content (AvgIpc) is 3.03. The highest BCUT2D eigenvalue weighted by Gasteiger charge is 2.16. The Morgan fingerprint density at radius 1 is 1.40 bits per heavy atom. The highest BCUT2D eigenvalue weighted by Crippen LogP contribution is 2.23. The van der Waals surface area contributed by atoms with Gasteiger partial charge in [-0.1, -0.05) is 6.92 Å². The monoisotopic (exact) mass is 292 g/mol. The predicted octanol–water partition coefficient (Wildman–Crippen LogP) is 3.51. The topological polar surface area (TPSA) is 42.7 Å². The Bertz CT molecular complexity index is 529. The SMILES string of the molecule is CCCNC(Cc1ccn(C(C)C)n1)c1cnc(C)s1. The first-order valence-corrected chi connectivity index (χ1v) is 8.11. The first-order chi connectivity index (χ1) is 9.60. The van der Waals surface area contributed by atoms with E-state index in [9.17, 15) is 0 Å². The summed E-state index contributed by atoms with van der Waals surface area (Å²) in [6.07, 6.45) is 6.11. The summed E-state index contributed by atoms with van der Waals surface area (Å²) in [7, 11) is 0. The molecule has 2 rings (SSSR count). The van der Waals surface area contributed by atoms with E-state index in [1.807, 2.05) is 10.9 Å². The third-order valence-corrected chi connectivity index (χ3v) is 4.26. The summed E-state index contributed by atoms with van der Waals surface area (Å²) in [5.74, 6) is 0. The summed E-state index contributed by atoms with van der Waals surface area (Å²) in [5, 5.41) is 9.38. The van der Waals surface area contributed by atoms with Crippen molar-refractivity contribution >= 4 is 11.3 Å². The van der Waals surface area contributed by atoms with Gasteiger partial charge in [0.05, 0.1) is 10.7 Å². The van der Waals surface area contributed by atoms with Crippen LogP contribution in [0.2, 0.25) is 0 Å². The maximum atomic E-state index is 4.65. The van der Waals surface area contributed by atoms with Crippen molar-refractivity contribution in [2.45, 2.75) is 52.6 Å². The number of nitrogens with one attached hydrogen (secondary N) is 1. The van der Waals surface area contributed by atoms with E-state index < -0.39 is 0 Å². The van der Waals surface area contributed by atoms with Crippen molar-refractivity contribution in [3.63, 3.8) is 0 Å². The summed E-state index contributed by atoms with van der Waals surface area (Å²) >= 11 is 1.77. The maximum Gasteiger partial charge on any atom is 0.0897 e. The van der Waals surface area contributed by atoms with Gasteiger partial charge in [-0.05, 0) is 39.8 Å². The van der Waals surface area contributed by atoms with E-state index in [2.05, 4.69) is 55.4 Å². The van der Waals surface area contributed by atoms with E-state index in [-0.39, 0.29) is 0 Å². The zero-order valence-electron chi connectivity index (χ0n) is 12.8. The van der Waals surface area contributed by atoms with Gasteiger partial charge in [0.1, 0.15) is 0 Å². The van der Waals surface area contributed by atoms with Gasteiger partial charge < -0.3 is 5.32 Å². The molecule has 1 N–H and O–H groups in total. The third kappa shape index (κ3) is 3.90. The molecule has 0 amide bonds. The van der Waals surface area contributed by atoms with Crippen molar-refractivity contribution < 1.29 is 0 Å². The fourth-order valence-corrected chi connectivity index (χ4v) is 2.97. The van der Waals surface area contributed by atoms with E-state index >= 15 is 0 Å². The zero-order valence-corrected chi connectivity index (χ0v) is 13.6. The molecule has 4 nitrogen and oxygen atoms in total. The molecule has 1 atom stereocenters. The summed E-state index contributed by atoms with van der Waals surface area (Å²) in [6, 6.07) is 2.85. The van der Waals surface area contributed by atoms with E-state index in [4.69, 9.17) is 0 Å². The van der Waals surface area contributed by atoms with Gasteiger partial charge in [0.2, 0.25) is 0 Å². The van der Waals surface area contributed by atoms with Crippen LogP contribution in [0.4, 0.5) is 0 Å². The van der Waals surface area contributed by atoms with Crippen molar-refractivity contribution in [3.05, 3.63) is 34.0 Å². The van der Waals surface area contributed by atoms with Crippen molar-refractivity contribution in [1.29, 1.82) is 0 Å². The number of nitrogens with zero attached hydrogens (tertiary/aromatic N) is 3. The Morgan fingerprint density at radius 2 is 2.20 bits per heavy atom. The van der Waals surface area contributed by atoms with Crippen molar-refractivity contribution in [1.82, 2.24) is 20.1 Å². The second-order valence-corrected chi connectivity index (χ2v) is 6.64. The highest BCUT2D eigenvalue weighted by molar-refractivity contribution is 7.11. The fourth-order valence-electron chi connectivity index (χ4n) is 2.11. The van der Waals surface area contributed by atoms with Crippen molar-refractivity contribution in [2.75, 3.05) is 6.54 Å². The molecular formula is C15H24N4S. The number of hydrogen-bond acceptors (Lipinski definition) is 4. The minimum absolute atomic E-state index is 0.316. The standard InChI is InChI=1S/C15H24N4S/c1-5-7-16-14(15-10-17-12(4)20-15)9-13-6-8-19(18-13)11(2)3/h6,8,10-11,14,16H,5,7,9H2,1-4H3. The summed E-state index contributed by atoms with van der Waals surface area (Å²) < 4.78 is 2.02. The molecule has 20 heavy (non-hydrogen) atoms. The van der Waals surface area contributed by atoms with Gasteiger partial charge in [0.25, 0.3) is 0 Å². The minimum atomic E-state index is 0.316. The quantitative estimate of drug-likeness (QED) is 0.849. The molecule has 0 aliphatic rings. The largest absolute Gasteiger partial charge is 0.309 e. The van der Waals surface area contributed by atoms with Crippen LogP contribution >= 0.6 is 11.3 Å². The highest BCUT2D eigenvalue weighted by atomic mass is 32.1. The number of aryl methyl sites for hydroxylation is 1. The van der Waals surface area contributed by atoms with Crippen molar-refractivity contribution in [3.8, 4) is 0 Å². The smallest absolute Gasteiger partial charge is 0.0897 e. The molecule has 0 spiro atoms. The van der Waals surface area contributed by atoms with E-state index in [0.29, 0.717) is 12.1 Å². The maximum absolute atomic E-state index is 4.65.